The predicted octanol–water partition coefficient (Wildman–Crippen LogP) is 0.696. The molecule has 0 saturated carbocycles. The predicted molar refractivity (Wildman–Crippen MR) is 67.4 cm³/mol. The summed E-state index contributed by atoms with van der Waals surface area (Å²) in [5.41, 5.74) is 7.45. The van der Waals surface area contributed by atoms with E-state index in [-0.39, 0.29) is 11.7 Å². The van der Waals surface area contributed by atoms with Crippen molar-refractivity contribution in [2.75, 3.05) is 7.11 Å². The fraction of sp³-hybridized carbons (Fsp3) is 0.417. The first-order valence-electron chi connectivity index (χ1n) is 5.53. The SMILES string of the molecule is COc1ccc2c(c1)n(C)c(=O)n2CC(C)N. The minimum atomic E-state index is -0.0552. The molecule has 5 nitrogen and oxygen atoms in total. The Morgan fingerprint density at radius 3 is 2.71 bits per heavy atom. The van der Waals surface area contributed by atoms with Gasteiger partial charge in [0.15, 0.2) is 0 Å². The van der Waals surface area contributed by atoms with Gasteiger partial charge < -0.3 is 10.5 Å². The smallest absolute Gasteiger partial charge is 0.328 e. The fourth-order valence-corrected chi connectivity index (χ4v) is 1.98. The van der Waals surface area contributed by atoms with Gasteiger partial charge in [0.05, 0.1) is 18.1 Å². The van der Waals surface area contributed by atoms with Crippen molar-refractivity contribution < 1.29 is 4.74 Å². The van der Waals surface area contributed by atoms with E-state index in [9.17, 15) is 4.79 Å². The summed E-state index contributed by atoms with van der Waals surface area (Å²) in [6.07, 6.45) is 0. The van der Waals surface area contributed by atoms with Crippen molar-refractivity contribution in [3.05, 3.63) is 28.7 Å². The molecule has 17 heavy (non-hydrogen) atoms. The monoisotopic (exact) mass is 235 g/mol. The van der Waals surface area contributed by atoms with Crippen LogP contribution in [0.2, 0.25) is 0 Å². The van der Waals surface area contributed by atoms with Gasteiger partial charge in [-0.3, -0.25) is 9.13 Å². The Morgan fingerprint density at radius 1 is 1.41 bits per heavy atom. The first-order chi connectivity index (χ1) is 8.04. The van der Waals surface area contributed by atoms with Gasteiger partial charge in [0, 0.05) is 25.7 Å². The number of rotatable bonds is 3. The van der Waals surface area contributed by atoms with Crippen LogP contribution in [0.3, 0.4) is 0 Å². The fourth-order valence-electron chi connectivity index (χ4n) is 1.98. The van der Waals surface area contributed by atoms with E-state index < -0.39 is 0 Å². The summed E-state index contributed by atoms with van der Waals surface area (Å²) >= 11 is 0. The van der Waals surface area contributed by atoms with E-state index in [0.29, 0.717) is 6.54 Å². The zero-order chi connectivity index (χ0) is 12.6. The summed E-state index contributed by atoms with van der Waals surface area (Å²) < 4.78 is 8.46. The zero-order valence-corrected chi connectivity index (χ0v) is 10.3. The highest BCUT2D eigenvalue weighted by Crippen LogP contribution is 2.19. The number of imidazole rings is 1. The molecule has 1 aromatic carbocycles. The highest BCUT2D eigenvalue weighted by atomic mass is 16.5. The largest absolute Gasteiger partial charge is 0.497 e. The summed E-state index contributed by atoms with van der Waals surface area (Å²) in [7, 11) is 3.36. The van der Waals surface area contributed by atoms with Gasteiger partial charge in [-0.15, -0.1) is 0 Å². The van der Waals surface area contributed by atoms with Gasteiger partial charge in [0.25, 0.3) is 0 Å². The third-order valence-electron chi connectivity index (χ3n) is 2.82. The lowest BCUT2D eigenvalue weighted by atomic mass is 10.3. The molecule has 0 radical (unpaired) electrons. The molecule has 1 atom stereocenters. The van der Waals surface area contributed by atoms with Crippen molar-refractivity contribution in [2.45, 2.75) is 19.5 Å². The summed E-state index contributed by atoms with van der Waals surface area (Å²) in [4.78, 5) is 12.1. The molecule has 0 aliphatic heterocycles. The molecule has 0 saturated heterocycles. The van der Waals surface area contributed by atoms with Gasteiger partial charge in [-0.05, 0) is 19.1 Å². The molecule has 2 aromatic rings. The van der Waals surface area contributed by atoms with E-state index >= 15 is 0 Å². The molecule has 0 fully saturated rings. The number of nitrogens with zero attached hydrogens (tertiary/aromatic N) is 2. The molecular formula is C12H17N3O2. The van der Waals surface area contributed by atoms with Crippen molar-refractivity contribution in [1.82, 2.24) is 9.13 Å². The van der Waals surface area contributed by atoms with Crippen LogP contribution < -0.4 is 16.2 Å². The Kier molecular flexibility index (Phi) is 2.93. The number of benzene rings is 1. The van der Waals surface area contributed by atoms with Crippen molar-refractivity contribution in [3.63, 3.8) is 0 Å². The van der Waals surface area contributed by atoms with Gasteiger partial charge >= 0.3 is 5.69 Å². The third kappa shape index (κ3) is 1.93. The first kappa shape index (κ1) is 11.7. The van der Waals surface area contributed by atoms with Crippen LogP contribution in [0.15, 0.2) is 23.0 Å². The Morgan fingerprint density at radius 2 is 2.12 bits per heavy atom. The standard InChI is InChI=1S/C12H17N3O2/c1-8(13)7-15-10-5-4-9(17-3)6-11(10)14(2)12(15)16/h4-6,8H,7,13H2,1-3H3. The zero-order valence-electron chi connectivity index (χ0n) is 10.3. The second-order valence-electron chi connectivity index (χ2n) is 4.28. The Labute approximate surface area is 99.4 Å². The second kappa shape index (κ2) is 4.25. The van der Waals surface area contributed by atoms with Gasteiger partial charge in [-0.1, -0.05) is 0 Å². The number of fused-ring (bicyclic) bond motifs is 1. The van der Waals surface area contributed by atoms with Gasteiger partial charge in [0.2, 0.25) is 0 Å². The third-order valence-corrected chi connectivity index (χ3v) is 2.82. The van der Waals surface area contributed by atoms with Gasteiger partial charge in [-0.25, -0.2) is 4.79 Å². The minimum absolute atomic E-state index is 0.0504. The number of aromatic nitrogens is 2. The summed E-state index contributed by atoms with van der Waals surface area (Å²) in [6.45, 7) is 2.40. The number of nitrogens with two attached hydrogens (primary N) is 1. The average molecular weight is 235 g/mol. The molecule has 5 heteroatoms. The molecule has 0 bridgehead atoms. The second-order valence-corrected chi connectivity index (χ2v) is 4.28. The maximum absolute atomic E-state index is 12.1. The van der Waals surface area contributed by atoms with Crippen LogP contribution in [-0.4, -0.2) is 22.3 Å². The minimum Gasteiger partial charge on any atom is -0.497 e. The molecule has 0 aliphatic carbocycles. The number of ether oxygens (including phenoxy) is 1. The molecular weight excluding hydrogens is 218 g/mol. The van der Waals surface area contributed by atoms with Gasteiger partial charge in [0.1, 0.15) is 5.75 Å². The number of methoxy groups -OCH3 is 1. The van der Waals surface area contributed by atoms with E-state index in [1.807, 2.05) is 25.1 Å². The number of aryl methyl sites for hydroxylation is 1. The van der Waals surface area contributed by atoms with Crippen LogP contribution in [0.25, 0.3) is 11.0 Å². The van der Waals surface area contributed by atoms with Crippen molar-refractivity contribution >= 4 is 11.0 Å². The average Bonchev–Trinajstić information content (AvgIpc) is 2.54. The van der Waals surface area contributed by atoms with Crippen molar-refractivity contribution in [1.29, 1.82) is 0 Å². The molecule has 1 heterocycles. The lowest BCUT2D eigenvalue weighted by molar-refractivity contribution is 0.415. The molecule has 0 spiro atoms. The van der Waals surface area contributed by atoms with Crippen LogP contribution >= 0.6 is 0 Å². The quantitative estimate of drug-likeness (QED) is 0.851. The molecule has 2 N–H and O–H groups in total. The Bertz CT molecular complexity index is 596. The highest BCUT2D eigenvalue weighted by Gasteiger charge is 2.12. The van der Waals surface area contributed by atoms with Crippen LogP contribution in [0.5, 0.6) is 5.75 Å². The molecule has 92 valence electrons. The van der Waals surface area contributed by atoms with Crippen LogP contribution in [-0.2, 0) is 13.6 Å². The summed E-state index contributed by atoms with van der Waals surface area (Å²) in [5.74, 6) is 0.742. The topological polar surface area (TPSA) is 62.2 Å². The van der Waals surface area contributed by atoms with E-state index in [4.69, 9.17) is 10.5 Å². The first-order valence-corrected chi connectivity index (χ1v) is 5.53. The highest BCUT2D eigenvalue weighted by molar-refractivity contribution is 5.77. The lowest BCUT2D eigenvalue weighted by Gasteiger charge is -2.06. The maximum atomic E-state index is 12.1. The number of hydrogen-bond acceptors (Lipinski definition) is 3. The Hall–Kier alpha value is -1.75. The van der Waals surface area contributed by atoms with Crippen molar-refractivity contribution in [3.8, 4) is 5.75 Å². The number of hydrogen-bond donors (Lipinski definition) is 1. The van der Waals surface area contributed by atoms with Crippen LogP contribution in [0.4, 0.5) is 0 Å². The van der Waals surface area contributed by atoms with E-state index in [1.165, 1.54) is 0 Å². The van der Waals surface area contributed by atoms with E-state index in [0.717, 1.165) is 16.8 Å². The van der Waals surface area contributed by atoms with E-state index in [2.05, 4.69) is 0 Å². The molecule has 1 aromatic heterocycles. The molecule has 0 amide bonds. The molecule has 2 rings (SSSR count). The van der Waals surface area contributed by atoms with Crippen LogP contribution in [0.1, 0.15) is 6.92 Å². The van der Waals surface area contributed by atoms with Crippen molar-refractivity contribution in [2.24, 2.45) is 12.8 Å². The van der Waals surface area contributed by atoms with Gasteiger partial charge in [-0.2, -0.15) is 0 Å². The summed E-state index contributed by atoms with van der Waals surface area (Å²) in [6, 6.07) is 5.53. The lowest BCUT2D eigenvalue weighted by Crippen LogP contribution is -2.30. The Balaban J connectivity index is 2.69. The normalized spacial score (nSPS) is 12.9. The van der Waals surface area contributed by atoms with E-state index in [1.54, 1.807) is 23.3 Å². The van der Waals surface area contributed by atoms with Crippen LogP contribution in [0, 0.1) is 0 Å². The molecule has 1 unspecified atom stereocenters. The maximum Gasteiger partial charge on any atom is 0.328 e. The summed E-state index contributed by atoms with van der Waals surface area (Å²) in [5, 5.41) is 0. The molecule has 0 aliphatic rings.